The molecule has 0 aromatic heterocycles. The number of nitriles is 1. The van der Waals surface area contributed by atoms with Gasteiger partial charge in [-0.2, -0.15) is 5.26 Å². The molecule has 0 saturated carbocycles. The summed E-state index contributed by atoms with van der Waals surface area (Å²) in [5.41, 5.74) is 5.99. The maximum absolute atomic E-state index is 11.9. The van der Waals surface area contributed by atoms with Crippen LogP contribution in [0.5, 0.6) is 0 Å². The molecule has 0 unspecified atom stereocenters. The van der Waals surface area contributed by atoms with Crippen molar-refractivity contribution < 1.29 is 9.53 Å². The van der Waals surface area contributed by atoms with Gasteiger partial charge < -0.3 is 4.74 Å². The van der Waals surface area contributed by atoms with Gasteiger partial charge in [0.05, 0.1) is 7.11 Å². The Morgan fingerprint density at radius 1 is 0.786 bits per heavy atom. The van der Waals surface area contributed by atoms with Gasteiger partial charge in [0.1, 0.15) is 6.07 Å². The first-order valence-electron chi connectivity index (χ1n) is 8.67. The zero-order chi connectivity index (χ0) is 19.8. The first-order chi connectivity index (χ1) is 13.7. The standard InChI is InChI=1S/C24H18NO2P/c1-27-24(26)20(19-25)17-18-28(21-11-5-2-6-12-21,22-13-7-3-8-14-22)23-15-9-4-10-16-23/h2-16H,1H3. The number of rotatable bonds is 4. The molecule has 4 heteroatoms. The van der Waals surface area contributed by atoms with Crippen molar-refractivity contribution in [3.05, 3.63) is 102 Å². The highest BCUT2D eigenvalue weighted by atomic mass is 31.2. The fourth-order valence-electron chi connectivity index (χ4n) is 2.96. The van der Waals surface area contributed by atoms with E-state index in [1.54, 1.807) is 0 Å². The molecule has 3 aromatic carbocycles. The lowest BCUT2D eigenvalue weighted by Gasteiger charge is -2.25. The van der Waals surface area contributed by atoms with Crippen LogP contribution in [0.4, 0.5) is 0 Å². The Bertz CT molecular complexity index is 1030. The van der Waals surface area contributed by atoms with Crippen LogP contribution >= 0.6 is 6.89 Å². The van der Waals surface area contributed by atoms with E-state index in [-0.39, 0.29) is 5.57 Å². The number of carbonyl (C=O) groups is 1. The van der Waals surface area contributed by atoms with Crippen molar-refractivity contribution in [1.29, 1.82) is 5.26 Å². The zero-order valence-electron chi connectivity index (χ0n) is 15.4. The van der Waals surface area contributed by atoms with E-state index in [0.29, 0.717) is 0 Å². The average molecular weight is 383 g/mol. The molecular formula is C24H18NO2P. The van der Waals surface area contributed by atoms with Gasteiger partial charge in [-0.3, -0.25) is 0 Å². The Kier molecular flexibility index (Phi) is 6.13. The minimum atomic E-state index is -2.41. The van der Waals surface area contributed by atoms with Crippen molar-refractivity contribution in [2.45, 2.75) is 0 Å². The number of hydrogen-bond acceptors (Lipinski definition) is 3. The third-order valence-corrected chi connectivity index (χ3v) is 7.95. The van der Waals surface area contributed by atoms with Crippen LogP contribution in [-0.4, -0.2) is 18.5 Å². The van der Waals surface area contributed by atoms with Gasteiger partial charge in [-0.25, -0.2) is 4.79 Å². The van der Waals surface area contributed by atoms with E-state index in [1.165, 1.54) is 7.11 Å². The van der Waals surface area contributed by atoms with Crippen LogP contribution < -0.4 is 15.9 Å². The minimum absolute atomic E-state index is 0.199. The lowest BCUT2D eigenvalue weighted by molar-refractivity contribution is -0.135. The zero-order valence-corrected chi connectivity index (χ0v) is 16.3. The van der Waals surface area contributed by atoms with E-state index in [4.69, 9.17) is 4.74 Å². The second kappa shape index (κ2) is 8.92. The molecule has 0 fully saturated rings. The van der Waals surface area contributed by atoms with E-state index in [0.717, 1.165) is 15.9 Å². The Labute approximate surface area is 164 Å². The Hall–Kier alpha value is -3.52. The van der Waals surface area contributed by atoms with Crippen molar-refractivity contribution in [1.82, 2.24) is 0 Å². The molecule has 0 aliphatic carbocycles. The van der Waals surface area contributed by atoms with Gasteiger partial charge in [-0.1, -0.05) is 96.4 Å². The van der Waals surface area contributed by atoms with Crippen molar-refractivity contribution in [3.63, 3.8) is 0 Å². The Balaban J connectivity index is 2.57. The van der Waals surface area contributed by atoms with Crippen LogP contribution in [0.1, 0.15) is 0 Å². The normalized spacial score (nSPS) is 10.1. The Morgan fingerprint density at radius 2 is 1.18 bits per heavy atom. The summed E-state index contributed by atoms with van der Waals surface area (Å²) >= 11 is 0. The van der Waals surface area contributed by atoms with Gasteiger partial charge in [0.2, 0.25) is 0 Å². The summed E-state index contributed by atoms with van der Waals surface area (Å²) in [6, 6.07) is 31.9. The smallest absolute Gasteiger partial charge is 0.357 e. The van der Waals surface area contributed by atoms with Crippen LogP contribution in [0.15, 0.2) is 102 Å². The molecule has 0 aliphatic rings. The number of nitrogens with zero attached hydrogens (tertiary/aromatic N) is 1. The van der Waals surface area contributed by atoms with Gasteiger partial charge in [-0.15, -0.1) is 0 Å². The first-order valence-corrected chi connectivity index (χ1v) is 10.5. The fraction of sp³-hybridized carbons (Fsp3) is 0.0417. The predicted octanol–water partition coefficient (Wildman–Crippen LogP) is 3.16. The molecule has 0 radical (unpaired) electrons. The first kappa shape index (κ1) is 19.2. The van der Waals surface area contributed by atoms with Crippen molar-refractivity contribution >= 4 is 34.2 Å². The highest BCUT2D eigenvalue weighted by Gasteiger charge is 2.24. The molecule has 0 atom stereocenters. The van der Waals surface area contributed by atoms with E-state index in [2.05, 4.69) is 11.2 Å². The van der Waals surface area contributed by atoms with E-state index in [9.17, 15) is 10.1 Å². The molecule has 3 rings (SSSR count). The van der Waals surface area contributed by atoms with E-state index in [1.807, 2.05) is 97.1 Å². The van der Waals surface area contributed by atoms with Crippen molar-refractivity contribution in [2.75, 3.05) is 7.11 Å². The number of carbonyl (C=O) groups excluding carboxylic acids is 1. The number of ether oxygens (including phenoxy) is 1. The largest absolute Gasteiger partial charge is 0.464 e. The van der Waals surface area contributed by atoms with Gasteiger partial charge >= 0.3 is 5.97 Å². The summed E-state index contributed by atoms with van der Waals surface area (Å²) in [6.45, 7) is -2.41. The highest BCUT2D eigenvalue weighted by Crippen LogP contribution is 2.42. The summed E-state index contributed by atoms with van der Waals surface area (Å²) in [7, 11) is 1.25. The van der Waals surface area contributed by atoms with Crippen molar-refractivity contribution in [2.24, 2.45) is 0 Å². The molecule has 0 amide bonds. The molecule has 0 saturated heterocycles. The van der Waals surface area contributed by atoms with Crippen LogP contribution in [0.25, 0.3) is 0 Å². The molecule has 0 heterocycles. The maximum Gasteiger partial charge on any atom is 0.357 e. The highest BCUT2D eigenvalue weighted by molar-refractivity contribution is 7.94. The number of esters is 1. The molecule has 0 bridgehead atoms. The summed E-state index contributed by atoms with van der Waals surface area (Å²) in [5.74, 6) is -0.720. The Morgan fingerprint density at radius 3 is 1.50 bits per heavy atom. The van der Waals surface area contributed by atoms with Gasteiger partial charge in [-0.05, 0) is 21.6 Å². The second-order valence-electron chi connectivity index (χ2n) is 5.89. The van der Waals surface area contributed by atoms with Crippen LogP contribution in [0.3, 0.4) is 0 Å². The van der Waals surface area contributed by atoms with Gasteiger partial charge in [0.15, 0.2) is 5.57 Å². The van der Waals surface area contributed by atoms with Crippen molar-refractivity contribution in [3.8, 4) is 6.07 Å². The summed E-state index contributed by atoms with van der Waals surface area (Å²) in [5, 5.41) is 12.5. The molecule has 3 nitrogen and oxygen atoms in total. The molecule has 0 aliphatic heterocycles. The van der Waals surface area contributed by atoms with E-state index < -0.39 is 12.9 Å². The molecule has 3 aromatic rings. The molecule has 0 N–H and O–H groups in total. The SMILES string of the molecule is COC(=O)C(=C=C=P(c1ccccc1)(c1ccccc1)c1ccccc1)C#N. The second-order valence-corrected chi connectivity index (χ2v) is 9.01. The lowest BCUT2D eigenvalue weighted by atomic mass is 10.3. The number of benzene rings is 3. The third-order valence-electron chi connectivity index (χ3n) is 4.28. The molecule has 28 heavy (non-hydrogen) atoms. The topological polar surface area (TPSA) is 50.1 Å². The van der Waals surface area contributed by atoms with E-state index >= 15 is 0 Å². The summed E-state index contributed by atoms with van der Waals surface area (Å²) < 4.78 is 4.70. The molecule has 0 spiro atoms. The molecular weight excluding hydrogens is 365 g/mol. The quantitative estimate of drug-likeness (QED) is 0.229. The molecule has 136 valence electrons. The number of methoxy groups -OCH3 is 1. The third kappa shape index (κ3) is 3.77. The van der Waals surface area contributed by atoms with Gasteiger partial charge in [0, 0.05) is 6.89 Å². The van der Waals surface area contributed by atoms with Crippen LogP contribution in [0.2, 0.25) is 0 Å². The summed E-state index contributed by atoms with van der Waals surface area (Å²) in [6.07, 6.45) is 0. The average Bonchev–Trinajstić information content (AvgIpc) is 2.78. The van der Waals surface area contributed by atoms with Crippen LogP contribution in [-0.2, 0) is 9.53 Å². The monoisotopic (exact) mass is 383 g/mol. The van der Waals surface area contributed by atoms with Gasteiger partial charge in [0.25, 0.3) is 0 Å². The number of hydrogen-bond donors (Lipinski definition) is 0. The predicted molar refractivity (Wildman–Crippen MR) is 115 cm³/mol. The fourth-order valence-corrected chi connectivity index (χ4v) is 6.38. The minimum Gasteiger partial charge on any atom is -0.464 e. The maximum atomic E-state index is 11.9. The summed E-state index contributed by atoms with van der Waals surface area (Å²) in [4.78, 5) is 11.9. The van der Waals surface area contributed by atoms with Crippen LogP contribution in [0, 0.1) is 11.3 Å². The lowest BCUT2D eigenvalue weighted by Crippen LogP contribution is -2.25.